The van der Waals surface area contributed by atoms with Crippen molar-refractivity contribution >= 4 is 41.6 Å². The Balaban J connectivity index is 0.00000144. The number of para-hydroxylation sites is 1. The summed E-state index contributed by atoms with van der Waals surface area (Å²) in [6.45, 7) is 3.89. The van der Waals surface area contributed by atoms with E-state index in [4.69, 9.17) is 0 Å². The van der Waals surface area contributed by atoms with E-state index in [1.54, 1.807) is 0 Å². The summed E-state index contributed by atoms with van der Waals surface area (Å²) in [6, 6.07) is 10.5. The Kier molecular flexibility index (Phi) is 9.19. The highest BCUT2D eigenvalue weighted by atomic mass is 35.5. The first-order chi connectivity index (χ1) is 10.8. The van der Waals surface area contributed by atoms with Gasteiger partial charge in [0.15, 0.2) is 0 Å². The molecule has 2 aromatic rings. The number of benzene rings is 1. The van der Waals surface area contributed by atoms with Crippen LogP contribution in [0.5, 0.6) is 0 Å². The van der Waals surface area contributed by atoms with Crippen molar-refractivity contribution < 1.29 is 4.79 Å². The quantitative estimate of drug-likeness (QED) is 0.732. The van der Waals surface area contributed by atoms with Gasteiger partial charge < -0.3 is 15.2 Å². The number of halogens is 2. The van der Waals surface area contributed by atoms with Gasteiger partial charge in [0.2, 0.25) is 5.91 Å². The molecular weight excluding hydrogens is 345 g/mol. The third-order valence-electron chi connectivity index (χ3n) is 4.52. The van der Waals surface area contributed by atoms with Gasteiger partial charge >= 0.3 is 0 Å². The average Bonchev–Trinajstić information content (AvgIpc) is 3.19. The second-order valence-corrected chi connectivity index (χ2v) is 6.17. The molecule has 1 atom stereocenters. The maximum atomic E-state index is 11.8. The molecule has 1 saturated heterocycles. The highest BCUT2D eigenvalue weighted by Gasteiger charge is 2.15. The van der Waals surface area contributed by atoms with Crippen LogP contribution in [0.3, 0.4) is 0 Å². The highest BCUT2D eigenvalue weighted by molar-refractivity contribution is 5.85. The lowest BCUT2D eigenvalue weighted by molar-refractivity contribution is -0.121. The zero-order valence-electron chi connectivity index (χ0n) is 13.9. The summed E-state index contributed by atoms with van der Waals surface area (Å²) in [7, 11) is 0. The number of nitrogens with one attached hydrogen (secondary N) is 2. The molecule has 24 heavy (non-hydrogen) atoms. The zero-order valence-corrected chi connectivity index (χ0v) is 15.5. The Labute approximate surface area is 156 Å². The van der Waals surface area contributed by atoms with Gasteiger partial charge in [-0.25, -0.2) is 0 Å². The van der Waals surface area contributed by atoms with Crippen LogP contribution in [0, 0.1) is 5.92 Å². The molecule has 0 spiro atoms. The number of carbonyl (C=O) groups excluding carboxylic acids is 1. The monoisotopic (exact) mass is 371 g/mol. The molecule has 2 N–H and O–H groups in total. The Hall–Kier alpha value is -1.23. The maximum Gasteiger partial charge on any atom is 0.220 e. The van der Waals surface area contributed by atoms with Crippen molar-refractivity contribution in [2.45, 2.75) is 32.2 Å². The number of hydrogen-bond acceptors (Lipinski definition) is 2. The second kappa shape index (κ2) is 10.6. The van der Waals surface area contributed by atoms with Crippen molar-refractivity contribution in [3.05, 3.63) is 36.5 Å². The lowest BCUT2D eigenvalue weighted by Gasteiger charge is -2.09. The molecule has 1 unspecified atom stereocenters. The Morgan fingerprint density at radius 2 is 2.08 bits per heavy atom. The highest BCUT2D eigenvalue weighted by Crippen LogP contribution is 2.15. The summed E-state index contributed by atoms with van der Waals surface area (Å²) in [5.41, 5.74) is 1.27. The van der Waals surface area contributed by atoms with Gasteiger partial charge in [0.25, 0.3) is 0 Å². The fourth-order valence-corrected chi connectivity index (χ4v) is 3.20. The summed E-state index contributed by atoms with van der Waals surface area (Å²) in [4.78, 5) is 11.8. The number of carbonyl (C=O) groups is 1. The molecular formula is C18H27Cl2N3O. The lowest BCUT2D eigenvalue weighted by atomic mass is 10.0. The van der Waals surface area contributed by atoms with Gasteiger partial charge in [-0.05, 0) is 55.8 Å². The first-order valence-corrected chi connectivity index (χ1v) is 8.34. The summed E-state index contributed by atoms with van der Waals surface area (Å²) in [5, 5.41) is 7.66. The van der Waals surface area contributed by atoms with Crippen LogP contribution >= 0.6 is 24.8 Å². The van der Waals surface area contributed by atoms with E-state index in [1.807, 2.05) is 0 Å². The van der Waals surface area contributed by atoms with Crippen molar-refractivity contribution in [2.24, 2.45) is 5.92 Å². The van der Waals surface area contributed by atoms with Crippen LogP contribution in [0.2, 0.25) is 0 Å². The zero-order chi connectivity index (χ0) is 15.2. The predicted octanol–water partition coefficient (Wildman–Crippen LogP) is 3.38. The van der Waals surface area contributed by atoms with Crippen molar-refractivity contribution in [3.63, 3.8) is 0 Å². The van der Waals surface area contributed by atoms with E-state index in [1.165, 1.54) is 17.3 Å². The number of fused-ring (bicyclic) bond motifs is 1. The van der Waals surface area contributed by atoms with E-state index in [9.17, 15) is 4.79 Å². The van der Waals surface area contributed by atoms with Crippen molar-refractivity contribution in [1.82, 2.24) is 15.2 Å². The molecule has 1 fully saturated rings. The Bertz CT molecular complexity index is 624. The standard InChI is InChI=1S/C18H25N3O.2ClH/c22-18(7-6-15-8-11-19-14-15)20-10-3-12-21-13-9-16-4-1-2-5-17(16)21;;/h1-2,4-5,9,13,15,19H,3,6-8,10-12,14H2,(H,20,22);2*1H. The number of hydrogen-bond donors (Lipinski definition) is 2. The van der Waals surface area contributed by atoms with Gasteiger partial charge in [-0.1, -0.05) is 18.2 Å². The number of aryl methyl sites for hydroxylation is 1. The minimum absolute atomic E-state index is 0. The Morgan fingerprint density at radius 3 is 2.88 bits per heavy atom. The number of aromatic nitrogens is 1. The minimum atomic E-state index is 0. The molecule has 2 heterocycles. The van der Waals surface area contributed by atoms with Crippen LogP contribution in [0.15, 0.2) is 36.5 Å². The van der Waals surface area contributed by atoms with Crippen LogP contribution in [0.4, 0.5) is 0 Å². The summed E-state index contributed by atoms with van der Waals surface area (Å²) in [6.07, 6.45) is 5.99. The number of rotatable bonds is 7. The molecule has 0 aliphatic carbocycles. The van der Waals surface area contributed by atoms with Crippen molar-refractivity contribution in [3.8, 4) is 0 Å². The van der Waals surface area contributed by atoms with E-state index in [-0.39, 0.29) is 30.7 Å². The van der Waals surface area contributed by atoms with Gasteiger partial charge in [0.05, 0.1) is 0 Å². The average molecular weight is 372 g/mol. The minimum Gasteiger partial charge on any atom is -0.356 e. The molecule has 1 amide bonds. The number of amides is 1. The van der Waals surface area contributed by atoms with E-state index >= 15 is 0 Å². The van der Waals surface area contributed by atoms with Crippen LogP contribution in [0.25, 0.3) is 10.9 Å². The third kappa shape index (κ3) is 5.69. The van der Waals surface area contributed by atoms with Crippen LogP contribution in [-0.4, -0.2) is 30.1 Å². The van der Waals surface area contributed by atoms with Gasteiger partial charge in [0.1, 0.15) is 0 Å². The number of nitrogens with zero attached hydrogens (tertiary/aromatic N) is 1. The smallest absolute Gasteiger partial charge is 0.220 e. The van der Waals surface area contributed by atoms with E-state index in [2.05, 4.69) is 51.7 Å². The maximum absolute atomic E-state index is 11.8. The first kappa shape index (κ1) is 20.8. The molecule has 134 valence electrons. The summed E-state index contributed by atoms with van der Waals surface area (Å²) >= 11 is 0. The van der Waals surface area contributed by atoms with E-state index < -0.39 is 0 Å². The lowest BCUT2D eigenvalue weighted by Crippen LogP contribution is -2.25. The fourth-order valence-electron chi connectivity index (χ4n) is 3.20. The van der Waals surface area contributed by atoms with Crippen LogP contribution < -0.4 is 10.6 Å². The molecule has 1 aliphatic heterocycles. The molecule has 1 aliphatic rings. The van der Waals surface area contributed by atoms with Gasteiger partial charge in [-0.15, -0.1) is 24.8 Å². The largest absolute Gasteiger partial charge is 0.356 e. The second-order valence-electron chi connectivity index (χ2n) is 6.17. The fraction of sp³-hybridized carbons (Fsp3) is 0.500. The van der Waals surface area contributed by atoms with Crippen molar-refractivity contribution in [1.29, 1.82) is 0 Å². The summed E-state index contributed by atoms with van der Waals surface area (Å²) in [5.74, 6) is 0.890. The Morgan fingerprint density at radius 1 is 1.25 bits per heavy atom. The molecule has 0 bridgehead atoms. The van der Waals surface area contributed by atoms with E-state index in [0.29, 0.717) is 12.3 Å². The van der Waals surface area contributed by atoms with Gasteiger partial charge in [-0.2, -0.15) is 0 Å². The normalized spacial score (nSPS) is 16.4. The molecule has 0 radical (unpaired) electrons. The van der Waals surface area contributed by atoms with Crippen molar-refractivity contribution in [2.75, 3.05) is 19.6 Å². The molecule has 1 aromatic carbocycles. The SMILES string of the molecule is Cl.Cl.O=C(CCC1CCNC1)NCCCn1ccc2ccccc21. The van der Waals surface area contributed by atoms with Crippen LogP contribution in [-0.2, 0) is 11.3 Å². The predicted molar refractivity (Wildman–Crippen MR) is 104 cm³/mol. The summed E-state index contributed by atoms with van der Waals surface area (Å²) < 4.78 is 2.26. The van der Waals surface area contributed by atoms with Gasteiger partial charge in [0, 0.05) is 31.2 Å². The van der Waals surface area contributed by atoms with E-state index in [0.717, 1.165) is 39.0 Å². The molecule has 1 aromatic heterocycles. The first-order valence-electron chi connectivity index (χ1n) is 8.34. The van der Waals surface area contributed by atoms with Crippen LogP contribution in [0.1, 0.15) is 25.7 Å². The molecule has 3 rings (SSSR count). The third-order valence-corrected chi connectivity index (χ3v) is 4.52. The van der Waals surface area contributed by atoms with Gasteiger partial charge in [-0.3, -0.25) is 4.79 Å². The molecule has 4 nitrogen and oxygen atoms in total. The molecule has 6 heteroatoms. The topological polar surface area (TPSA) is 46.1 Å². The molecule has 0 saturated carbocycles.